The highest BCUT2D eigenvalue weighted by atomic mass is 16.3. The molecule has 2 atom stereocenters. The Labute approximate surface area is 99.5 Å². The van der Waals surface area contributed by atoms with Crippen LogP contribution >= 0.6 is 0 Å². The molecule has 0 aromatic heterocycles. The Bertz CT molecular complexity index is 332. The first kappa shape index (κ1) is 13.2. The fourth-order valence-corrected chi connectivity index (χ4v) is 2.20. The molecular formula is C15H24O. The van der Waals surface area contributed by atoms with Crippen LogP contribution in [0.5, 0.6) is 0 Å². The number of hydrogen-bond donors (Lipinski definition) is 1. The molecule has 0 saturated carbocycles. The van der Waals surface area contributed by atoms with Crippen LogP contribution < -0.4 is 0 Å². The van der Waals surface area contributed by atoms with E-state index in [4.69, 9.17) is 0 Å². The van der Waals surface area contributed by atoms with Crippen molar-refractivity contribution in [3.8, 4) is 0 Å². The summed E-state index contributed by atoms with van der Waals surface area (Å²) in [4.78, 5) is 0. The summed E-state index contributed by atoms with van der Waals surface area (Å²) < 4.78 is 0. The Morgan fingerprint density at radius 1 is 1.19 bits per heavy atom. The van der Waals surface area contributed by atoms with Crippen molar-refractivity contribution in [2.75, 3.05) is 0 Å². The lowest BCUT2D eigenvalue weighted by molar-refractivity contribution is 0.00516. The molecule has 0 saturated heterocycles. The number of aliphatic hydroxyl groups is 1. The zero-order valence-electron chi connectivity index (χ0n) is 11.2. The second-order valence-electron chi connectivity index (χ2n) is 5.34. The fourth-order valence-electron chi connectivity index (χ4n) is 2.20. The topological polar surface area (TPSA) is 20.2 Å². The zero-order valence-corrected chi connectivity index (χ0v) is 11.2. The lowest BCUT2D eigenvalue weighted by Gasteiger charge is -2.30. The third-order valence-corrected chi connectivity index (χ3v) is 3.52. The molecule has 1 aromatic carbocycles. The molecule has 16 heavy (non-hydrogen) atoms. The molecule has 1 N–H and O–H groups in total. The number of aryl methyl sites for hydroxylation is 2. The molecule has 0 aliphatic heterocycles. The Morgan fingerprint density at radius 2 is 1.69 bits per heavy atom. The molecule has 0 heterocycles. The van der Waals surface area contributed by atoms with E-state index in [0.717, 1.165) is 12.8 Å². The van der Waals surface area contributed by atoms with Gasteiger partial charge in [0.2, 0.25) is 0 Å². The van der Waals surface area contributed by atoms with Crippen molar-refractivity contribution in [3.05, 3.63) is 34.9 Å². The summed E-state index contributed by atoms with van der Waals surface area (Å²) in [6, 6.07) is 6.51. The summed E-state index contributed by atoms with van der Waals surface area (Å²) in [7, 11) is 0. The Kier molecular flexibility index (Phi) is 4.15. The van der Waals surface area contributed by atoms with Gasteiger partial charge in [0.25, 0.3) is 0 Å². The third kappa shape index (κ3) is 3.34. The van der Waals surface area contributed by atoms with Gasteiger partial charge < -0.3 is 5.11 Å². The molecule has 0 aliphatic carbocycles. The van der Waals surface area contributed by atoms with Crippen molar-refractivity contribution in [1.82, 2.24) is 0 Å². The van der Waals surface area contributed by atoms with Crippen LogP contribution in [-0.4, -0.2) is 10.7 Å². The van der Waals surface area contributed by atoms with Crippen molar-refractivity contribution in [1.29, 1.82) is 0 Å². The minimum Gasteiger partial charge on any atom is -0.390 e. The van der Waals surface area contributed by atoms with E-state index < -0.39 is 5.60 Å². The summed E-state index contributed by atoms with van der Waals surface area (Å²) >= 11 is 0. The molecule has 1 rings (SSSR count). The minimum atomic E-state index is -0.602. The van der Waals surface area contributed by atoms with Gasteiger partial charge in [0.1, 0.15) is 0 Å². The average Bonchev–Trinajstić information content (AvgIpc) is 2.13. The predicted octanol–water partition coefficient (Wildman–Crippen LogP) is 3.64. The molecule has 2 unspecified atom stereocenters. The number of hydrogen-bond acceptors (Lipinski definition) is 1. The maximum atomic E-state index is 10.4. The van der Waals surface area contributed by atoms with E-state index in [0.29, 0.717) is 5.92 Å². The van der Waals surface area contributed by atoms with Crippen LogP contribution in [0.15, 0.2) is 18.2 Å². The van der Waals surface area contributed by atoms with Gasteiger partial charge in [0, 0.05) is 6.42 Å². The normalized spacial score (nSPS) is 16.9. The number of rotatable bonds is 4. The van der Waals surface area contributed by atoms with Crippen LogP contribution in [0.1, 0.15) is 43.9 Å². The van der Waals surface area contributed by atoms with Crippen molar-refractivity contribution >= 4 is 0 Å². The molecule has 1 heteroatoms. The maximum absolute atomic E-state index is 10.4. The van der Waals surface area contributed by atoms with E-state index in [-0.39, 0.29) is 0 Å². The first-order valence-electron chi connectivity index (χ1n) is 6.14. The highest BCUT2D eigenvalue weighted by Crippen LogP contribution is 2.25. The molecule has 0 aliphatic rings. The predicted molar refractivity (Wildman–Crippen MR) is 69.7 cm³/mol. The van der Waals surface area contributed by atoms with Crippen LogP contribution in [0.3, 0.4) is 0 Å². The average molecular weight is 220 g/mol. The molecule has 90 valence electrons. The smallest absolute Gasteiger partial charge is 0.0685 e. The van der Waals surface area contributed by atoms with E-state index in [1.807, 2.05) is 6.92 Å². The quantitative estimate of drug-likeness (QED) is 0.821. The first-order valence-corrected chi connectivity index (χ1v) is 6.14. The molecular weight excluding hydrogens is 196 g/mol. The highest BCUT2D eigenvalue weighted by Gasteiger charge is 2.27. The van der Waals surface area contributed by atoms with Gasteiger partial charge in [-0.15, -0.1) is 0 Å². The molecule has 0 fully saturated rings. The van der Waals surface area contributed by atoms with E-state index in [1.165, 1.54) is 16.7 Å². The van der Waals surface area contributed by atoms with E-state index >= 15 is 0 Å². The van der Waals surface area contributed by atoms with E-state index in [2.05, 4.69) is 45.9 Å². The lowest BCUT2D eigenvalue weighted by atomic mass is 9.83. The third-order valence-electron chi connectivity index (χ3n) is 3.52. The van der Waals surface area contributed by atoms with Crippen LogP contribution in [0.25, 0.3) is 0 Å². The van der Waals surface area contributed by atoms with Crippen molar-refractivity contribution in [2.45, 2.75) is 53.1 Å². The standard InChI is InChI=1S/C15H24O/c1-6-13(4)15(5,16)10-14-8-11(2)7-12(3)9-14/h7-9,13,16H,6,10H2,1-5H3. The summed E-state index contributed by atoms with van der Waals surface area (Å²) in [5, 5.41) is 10.4. The van der Waals surface area contributed by atoms with E-state index in [9.17, 15) is 5.11 Å². The van der Waals surface area contributed by atoms with Gasteiger partial charge in [0.15, 0.2) is 0 Å². The van der Waals surface area contributed by atoms with E-state index in [1.54, 1.807) is 0 Å². The number of benzene rings is 1. The van der Waals surface area contributed by atoms with Crippen LogP contribution in [0.4, 0.5) is 0 Å². The first-order chi connectivity index (χ1) is 7.35. The molecule has 1 nitrogen and oxygen atoms in total. The molecule has 0 spiro atoms. The maximum Gasteiger partial charge on any atom is 0.0685 e. The molecule has 1 aromatic rings. The summed E-state index contributed by atoms with van der Waals surface area (Å²) in [5.41, 5.74) is 3.18. The summed E-state index contributed by atoms with van der Waals surface area (Å²) in [6.45, 7) is 10.4. The minimum absolute atomic E-state index is 0.327. The van der Waals surface area contributed by atoms with Crippen molar-refractivity contribution < 1.29 is 5.11 Å². The summed E-state index contributed by atoms with van der Waals surface area (Å²) in [6.07, 6.45) is 1.75. The van der Waals surface area contributed by atoms with Gasteiger partial charge in [-0.2, -0.15) is 0 Å². The van der Waals surface area contributed by atoms with Gasteiger partial charge in [0.05, 0.1) is 5.60 Å². The van der Waals surface area contributed by atoms with Crippen molar-refractivity contribution in [2.24, 2.45) is 5.92 Å². The second kappa shape index (κ2) is 5.01. The molecule has 0 bridgehead atoms. The van der Waals surface area contributed by atoms with Crippen LogP contribution in [0.2, 0.25) is 0 Å². The second-order valence-corrected chi connectivity index (χ2v) is 5.34. The zero-order chi connectivity index (χ0) is 12.3. The Hall–Kier alpha value is -0.820. The van der Waals surface area contributed by atoms with Crippen LogP contribution in [-0.2, 0) is 6.42 Å². The van der Waals surface area contributed by atoms with Gasteiger partial charge in [-0.1, -0.05) is 49.6 Å². The highest BCUT2D eigenvalue weighted by molar-refractivity contribution is 5.29. The summed E-state index contributed by atoms with van der Waals surface area (Å²) in [5.74, 6) is 0.327. The molecule has 0 radical (unpaired) electrons. The van der Waals surface area contributed by atoms with Gasteiger partial charge in [-0.05, 0) is 32.3 Å². The Balaban J connectivity index is 2.87. The molecule has 0 amide bonds. The largest absolute Gasteiger partial charge is 0.390 e. The Morgan fingerprint density at radius 3 is 2.12 bits per heavy atom. The fraction of sp³-hybridized carbons (Fsp3) is 0.600. The lowest BCUT2D eigenvalue weighted by Crippen LogP contribution is -2.34. The van der Waals surface area contributed by atoms with Crippen molar-refractivity contribution in [3.63, 3.8) is 0 Å². The van der Waals surface area contributed by atoms with Gasteiger partial charge in [-0.25, -0.2) is 0 Å². The van der Waals surface area contributed by atoms with Crippen LogP contribution in [0, 0.1) is 19.8 Å². The van der Waals surface area contributed by atoms with Gasteiger partial charge in [-0.3, -0.25) is 0 Å². The monoisotopic (exact) mass is 220 g/mol. The SMILES string of the molecule is CCC(C)C(C)(O)Cc1cc(C)cc(C)c1. The van der Waals surface area contributed by atoms with Gasteiger partial charge >= 0.3 is 0 Å².